The van der Waals surface area contributed by atoms with Gasteiger partial charge in [0.1, 0.15) is 0 Å². The number of halogens is 1. The van der Waals surface area contributed by atoms with Crippen LogP contribution in [0.25, 0.3) is 0 Å². The Hall–Kier alpha value is -1.20. The molecule has 1 aromatic rings. The summed E-state index contributed by atoms with van der Waals surface area (Å²) in [6.45, 7) is 2.80. The zero-order valence-electron chi connectivity index (χ0n) is 10.6. The van der Waals surface area contributed by atoms with Gasteiger partial charge in [-0.3, -0.25) is 9.69 Å². The van der Waals surface area contributed by atoms with E-state index in [1.807, 2.05) is 31.2 Å². The van der Waals surface area contributed by atoms with E-state index in [9.17, 15) is 9.59 Å². The molecule has 0 spiro atoms. The summed E-state index contributed by atoms with van der Waals surface area (Å²) in [4.78, 5) is 24.8. The molecule has 4 nitrogen and oxygen atoms in total. The Morgan fingerprint density at radius 1 is 1.53 bits per heavy atom. The molecular formula is C13H15ClN2O2S. The predicted octanol–water partition coefficient (Wildman–Crippen LogP) is 2.51. The molecule has 1 aliphatic heterocycles. The van der Waals surface area contributed by atoms with Crippen LogP contribution in [0.2, 0.25) is 5.02 Å². The van der Waals surface area contributed by atoms with Crippen LogP contribution in [0.3, 0.4) is 0 Å². The zero-order valence-corrected chi connectivity index (χ0v) is 12.1. The maximum Gasteiger partial charge on any atom is 0.324 e. The molecule has 1 aromatic carbocycles. The Balaban J connectivity index is 1.91. The first-order valence-corrected chi connectivity index (χ1v) is 7.46. The van der Waals surface area contributed by atoms with Crippen molar-refractivity contribution < 1.29 is 9.59 Å². The molecule has 1 aliphatic rings. The fraction of sp³-hybridized carbons (Fsp3) is 0.385. The van der Waals surface area contributed by atoms with Gasteiger partial charge in [-0.15, -0.1) is 11.8 Å². The van der Waals surface area contributed by atoms with Gasteiger partial charge in [0.05, 0.1) is 5.25 Å². The quantitative estimate of drug-likeness (QED) is 0.929. The van der Waals surface area contributed by atoms with E-state index in [1.165, 1.54) is 16.7 Å². The van der Waals surface area contributed by atoms with E-state index in [2.05, 4.69) is 5.32 Å². The average Bonchev–Trinajstić information content (AvgIpc) is 2.83. The predicted molar refractivity (Wildman–Crippen MR) is 77.3 cm³/mol. The van der Waals surface area contributed by atoms with E-state index in [1.54, 1.807) is 0 Å². The summed E-state index contributed by atoms with van der Waals surface area (Å²) in [7, 11) is 0. The highest BCUT2D eigenvalue weighted by Crippen LogP contribution is 2.24. The molecule has 6 heteroatoms. The third kappa shape index (κ3) is 3.42. The van der Waals surface area contributed by atoms with Crippen LogP contribution in [0.4, 0.5) is 4.79 Å². The van der Waals surface area contributed by atoms with Crippen LogP contribution in [-0.2, 0) is 10.5 Å². The topological polar surface area (TPSA) is 49.4 Å². The molecule has 0 aromatic heterocycles. The number of carbonyl (C=O) groups is 2. The van der Waals surface area contributed by atoms with Gasteiger partial charge in [0.25, 0.3) is 0 Å². The van der Waals surface area contributed by atoms with Crippen LogP contribution in [0, 0.1) is 0 Å². The number of hydrogen-bond donors (Lipinski definition) is 1. The molecule has 102 valence electrons. The summed E-state index contributed by atoms with van der Waals surface area (Å²) in [5.74, 6) is 0.509. The maximum absolute atomic E-state index is 12.1. The van der Waals surface area contributed by atoms with Crippen molar-refractivity contribution in [2.45, 2.75) is 17.9 Å². The zero-order chi connectivity index (χ0) is 13.8. The minimum Gasteiger partial charge on any atom is -0.336 e. The molecule has 1 unspecified atom stereocenters. The smallest absolute Gasteiger partial charge is 0.324 e. The molecule has 2 rings (SSSR count). The van der Waals surface area contributed by atoms with Crippen molar-refractivity contribution in [2.24, 2.45) is 0 Å². The summed E-state index contributed by atoms with van der Waals surface area (Å²) >= 11 is 7.55. The number of benzene rings is 1. The van der Waals surface area contributed by atoms with E-state index < -0.39 is 0 Å². The lowest BCUT2D eigenvalue weighted by molar-refractivity contribution is -0.126. The van der Waals surface area contributed by atoms with Crippen LogP contribution in [-0.4, -0.2) is 35.2 Å². The van der Waals surface area contributed by atoms with Crippen molar-refractivity contribution in [1.29, 1.82) is 0 Å². The Kier molecular flexibility index (Phi) is 4.71. The van der Waals surface area contributed by atoms with Gasteiger partial charge in [0.15, 0.2) is 0 Å². The number of hydrogen-bond acceptors (Lipinski definition) is 3. The monoisotopic (exact) mass is 298 g/mol. The minimum atomic E-state index is -0.296. The number of rotatable bonds is 4. The minimum absolute atomic E-state index is 0.146. The first kappa shape index (κ1) is 14.2. The van der Waals surface area contributed by atoms with Crippen LogP contribution in [0.1, 0.15) is 12.5 Å². The highest BCUT2D eigenvalue weighted by Gasteiger charge is 2.29. The summed E-state index contributed by atoms with van der Waals surface area (Å²) in [6, 6.07) is 7.27. The molecule has 0 saturated carbocycles. The van der Waals surface area contributed by atoms with E-state index in [4.69, 9.17) is 11.6 Å². The standard InChI is InChI=1S/C13H15ClN2O2S/c1-9(12(17)16-7-6-15-13(16)18)19-8-10-4-2-3-5-11(10)14/h2-5,9H,6-8H2,1H3,(H,15,18). The van der Waals surface area contributed by atoms with Crippen LogP contribution in [0.5, 0.6) is 0 Å². The third-order valence-electron chi connectivity index (χ3n) is 2.92. The van der Waals surface area contributed by atoms with Crippen molar-refractivity contribution in [1.82, 2.24) is 10.2 Å². The molecular weight excluding hydrogens is 284 g/mol. The molecule has 3 amide bonds. The summed E-state index contributed by atoms with van der Waals surface area (Å²) in [6.07, 6.45) is 0. The van der Waals surface area contributed by atoms with Gasteiger partial charge in [-0.05, 0) is 18.6 Å². The number of thioether (sulfide) groups is 1. The molecule has 1 N–H and O–H groups in total. The summed E-state index contributed by atoms with van der Waals surface area (Å²) in [5.41, 5.74) is 1.000. The van der Waals surface area contributed by atoms with Gasteiger partial charge >= 0.3 is 6.03 Å². The van der Waals surface area contributed by atoms with Crippen molar-refractivity contribution in [2.75, 3.05) is 13.1 Å². The van der Waals surface area contributed by atoms with Gasteiger partial charge in [0, 0.05) is 23.9 Å². The molecule has 1 fully saturated rings. The molecule has 19 heavy (non-hydrogen) atoms. The number of carbonyl (C=O) groups excluding carboxylic acids is 2. The fourth-order valence-corrected chi connectivity index (χ4v) is 3.04. The molecule has 0 radical (unpaired) electrons. The van der Waals surface area contributed by atoms with E-state index in [0.717, 1.165) is 5.56 Å². The fourth-order valence-electron chi connectivity index (χ4n) is 1.80. The molecule has 1 saturated heterocycles. The number of imide groups is 1. The van der Waals surface area contributed by atoms with Crippen LogP contribution < -0.4 is 5.32 Å². The lowest BCUT2D eigenvalue weighted by Gasteiger charge is -2.17. The second-order valence-corrected chi connectivity index (χ2v) is 6.00. The van der Waals surface area contributed by atoms with Gasteiger partial charge in [-0.1, -0.05) is 29.8 Å². The van der Waals surface area contributed by atoms with Crippen molar-refractivity contribution in [3.63, 3.8) is 0 Å². The summed E-state index contributed by atoms with van der Waals surface area (Å²) in [5, 5.41) is 3.06. The van der Waals surface area contributed by atoms with Crippen molar-refractivity contribution in [3.8, 4) is 0 Å². The van der Waals surface area contributed by atoms with Crippen LogP contribution in [0.15, 0.2) is 24.3 Å². The second kappa shape index (κ2) is 6.30. The lowest BCUT2D eigenvalue weighted by Crippen LogP contribution is -2.39. The first-order chi connectivity index (χ1) is 9.09. The van der Waals surface area contributed by atoms with E-state index >= 15 is 0 Å². The SMILES string of the molecule is CC(SCc1ccccc1Cl)C(=O)N1CCNC1=O. The highest BCUT2D eigenvalue weighted by atomic mass is 35.5. The number of nitrogens with one attached hydrogen (secondary N) is 1. The molecule has 0 bridgehead atoms. The van der Waals surface area contributed by atoms with Crippen molar-refractivity contribution in [3.05, 3.63) is 34.9 Å². The Morgan fingerprint density at radius 3 is 2.89 bits per heavy atom. The van der Waals surface area contributed by atoms with Gasteiger partial charge < -0.3 is 5.32 Å². The number of nitrogens with zero attached hydrogens (tertiary/aromatic N) is 1. The number of urea groups is 1. The largest absolute Gasteiger partial charge is 0.336 e. The molecule has 1 atom stereocenters. The number of amides is 3. The van der Waals surface area contributed by atoms with E-state index in [-0.39, 0.29) is 17.2 Å². The first-order valence-electron chi connectivity index (χ1n) is 6.04. The molecule has 1 heterocycles. The normalized spacial score (nSPS) is 16.3. The second-order valence-electron chi connectivity index (χ2n) is 4.27. The van der Waals surface area contributed by atoms with Crippen molar-refractivity contribution >= 4 is 35.3 Å². The molecule has 0 aliphatic carbocycles. The Morgan fingerprint density at radius 2 is 2.26 bits per heavy atom. The Bertz CT molecular complexity index is 495. The maximum atomic E-state index is 12.1. The van der Waals surface area contributed by atoms with Gasteiger partial charge in [-0.25, -0.2) is 4.79 Å². The average molecular weight is 299 g/mol. The van der Waals surface area contributed by atoms with Gasteiger partial charge in [0.2, 0.25) is 5.91 Å². The third-order valence-corrected chi connectivity index (χ3v) is 4.47. The lowest BCUT2D eigenvalue weighted by atomic mass is 10.2. The van der Waals surface area contributed by atoms with Crippen LogP contribution >= 0.6 is 23.4 Å². The van der Waals surface area contributed by atoms with Gasteiger partial charge in [-0.2, -0.15) is 0 Å². The Labute approximate surface area is 121 Å². The van der Waals surface area contributed by atoms with E-state index in [0.29, 0.717) is 23.9 Å². The highest BCUT2D eigenvalue weighted by molar-refractivity contribution is 7.99. The summed E-state index contributed by atoms with van der Waals surface area (Å²) < 4.78 is 0.